The Morgan fingerprint density at radius 3 is 3.10 bits per heavy atom. The second-order valence-corrected chi connectivity index (χ2v) is 1.85. The summed E-state index contributed by atoms with van der Waals surface area (Å²) in [5.41, 5.74) is 0.650. The van der Waals surface area contributed by atoms with Gasteiger partial charge in [0.15, 0.2) is 5.82 Å². The molecular weight excluding hydrogens is 130 g/mol. The van der Waals surface area contributed by atoms with Crippen LogP contribution in [0.1, 0.15) is 0 Å². The smallest absolute Gasteiger partial charge is 0.183 e. The largest absolute Gasteiger partial charge is 0.242 e. The zero-order chi connectivity index (χ0) is 6.97. The highest BCUT2D eigenvalue weighted by Crippen LogP contribution is 2.11. The predicted octanol–water partition coefficient (Wildman–Crippen LogP) is -0.176. The molecule has 2 aliphatic heterocycles. The Hall–Kier alpha value is -1.65. The van der Waals surface area contributed by atoms with Crippen LogP contribution in [-0.4, -0.2) is 19.6 Å². The lowest BCUT2D eigenvalue weighted by atomic mass is 10.4. The van der Waals surface area contributed by atoms with E-state index < -0.39 is 0 Å². The fourth-order valence-electron chi connectivity index (χ4n) is 0.772. The molecule has 5 heteroatoms. The Kier molecular flexibility index (Phi) is 0.858. The van der Waals surface area contributed by atoms with E-state index in [1.807, 2.05) is 0 Å². The lowest BCUT2D eigenvalue weighted by Crippen LogP contribution is -2.01. The van der Waals surface area contributed by atoms with Gasteiger partial charge in [0.25, 0.3) is 0 Å². The maximum atomic E-state index is 7.23. The van der Waals surface area contributed by atoms with E-state index in [4.69, 9.17) is 5.84 Å². The third kappa shape index (κ3) is 0.540. The summed E-state index contributed by atoms with van der Waals surface area (Å²) in [6.07, 6.45) is 4.36. The number of hydrogen-bond acceptors (Lipinski definition) is 3. The van der Waals surface area contributed by atoms with Gasteiger partial charge in [0.2, 0.25) is 0 Å². The van der Waals surface area contributed by atoms with E-state index in [0.717, 1.165) is 4.68 Å². The lowest BCUT2D eigenvalue weighted by molar-refractivity contribution is 0.789. The minimum Gasteiger partial charge on any atom is -0.242 e. The van der Waals surface area contributed by atoms with Gasteiger partial charge in [-0.1, -0.05) is 0 Å². The summed E-state index contributed by atoms with van der Waals surface area (Å²) in [4.78, 5) is 11.5. The maximum absolute atomic E-state index is 7.23. The van der Waals surface area contributed by atoms with Crippen LogP contribution in [0.15, 0.2) is 18.9 Å². The van der Waals surface area contributed by atoms with Crippen molar-refractivity contribution in [2.45, 2.75) is 0 Å². The third-order valence-corrected chi connectivity index (χ3v) is 1.21. The average Bonchev–Trinajstić information content (AvgIpc) is 2.36. The number of nitrogens with zero attached hydrogens (tertiary/aromatic N) is 4. The number of hydrogen-bond donors (Lipinski definition) is 0. The van der Waals surface area contributed by atoms with E-state index in [1.165, 1.54) is 12.7 Å². The first-order valence-corrected chi connectivity index (χ1v) is 2.72. The SMILES string of the molecule is [NH]n1cncc2ncnc1-2. The number of imidazole rings is 1. The summed E-state index contributed by atoms with van der Waals surface area (Å²) in [6.45, 7) is 0. The van der Waals surface area contributed by atoms with Gasteiger partial charge < -0.3 is 0 Å². The molecule has 0 saturated heterocycles. The molecule has 1 N–H and O–H groups in total. The van der Waals surface area contributed by atoms with Crippen LogP contribution in [0.5, 0.6) is 0 Å². The average molecular weight is 134 g/mol. The second-order valence-electron chi connectivity index (χ2n) is 1.85. The van der Waals surface area contributed by atoms with E-state index in [1.54, 1.807) is 6.20 Å². The van der Waals surface area contributed by atoms with Crippen LogP contribution in [0.25, 0.3) is 11.5 Å². The molecule has 2 rings (SSSR count). The Morgan fingerprint density at radius 1 is 1.40 bits per heavy atom. The molecule has 49 valence electrons. The number of aromatic nitrogens is 4. The number of nitrogens with one attached hydrogen (secondary N) is 1. The molecule has 0 aromatic carbocycles. The van der Waals surface area contributed by atoms with Crippen LogP contribution in [0, 0.1) is 0 Å². The van der Waals surface area contributed by atoms with Gasteiger partial charge in [0.05, 0.1) is 6.20 Å². The minimum absolute atomic E-state index is 0.537. The van der Waals surface area contributed by atoms with Gasteiger partial charge in [-0.15, -0.1) is 0 Å². The van der Waals surface area contributed by atoms with Crippen LogP contribution in [-0.2, 0) is 0 Å². The van der Waals surface area contributed by atoms with Crippen molar-refractivity contribution in [1.82, 2.24) is 25.5 Å². The molecule has 0 unspecified atom stereocenters. The number of rotatable bonds is 0. The highest BCUT2D eigenvalue weighted by atomic mass is 15.3. The van der Waals surface area contributed by atoms with Gasteiger partial charge in [-0.05, 0) is 0 Å². The van der Waals surface area contributed by atoms with E-state index >= 15 is 0 Å². The summed E-state index contributed by atoms with van der Waals surface area (Å²) in [5.74, 6) is 7.77. The maximum Gasteiger partial charge on any atom is 0.183 e. The van der Waals surface area contributed by atoms with Crippen LogP contribution < -0.4 is 5.84 Å². The van der Waals surface area contributed by atoms with Crippen LogP contribution in [0.4, 0.5) is 0 Å². The molecule has 0 amide bonds. The van der Waals surface area contributed by atoms with E-state index in [9.17, 15) is 0 Å². The van der Waals surface area contributed by atoms with Gasteiger partial charge in [0, 0.05) is 0 Å². The molecule has 0 aliphatic carbocycles. The molecule has 2 heterocycles. The zero-order valence-corrected chi connectivity index (χ0v) is 5.02. The molecule has 0 fully saturated rings. The van der Waals surface area contributed by atoms with Crippen molar-refractivity contribution >= 4 is 0 Å². The molecule has 2 aliphatic rings. The molecule has 0 atom stereocenters. The topological polar surface area (TPSA) is 67.4 Å². The first-order valence-electron chi connectivity index (χ1n) is 2.72. The van der Waals surface area contributed by atoms with E-state index in [2.05, 4.69) is 15.0 Å². The summed E-state index contributed by atoms with van der Waals surface area (Å²) >= 11 is 0. The van der Waals surface area contributed by atoms with Gasteiger partial charge in [-0.25, -0.2) is 25.5 Å². The fourth-order valence-corrected chi connectivity index (χ4v) is 0.772. The number of fused-ring (bicyclic) bond motifs is 1. The highest BCUT2D eigenvalue weighted by molar-refractivity contribution is 5.48. The molecule has 10 heavy (non-hydrogen) atoms. The Morgan fingerprint density at radius 2 is 2.30 bits per heavy atom. The van der Waals surface area contributed by atoms with Gasteiger partial charge in [-0.2, -0.15) is 0 Å². The first-order chi connectivity index (χ1) is 4.88. The lowest BCUT2D eigenvalue weighted by Gasteiger charge is -1.98. The molecular formula is C5H4N5. The fraction of sp³-hybridized carbons (Fsp3) is 0. The monoisotopic (exact) mass is 134 g/mol. The van der Waals surface area contributed by atoms with Crippen molar-refractivity contribution in [3.05, 3.63) is 18.9 Å². The summed E-state index contributed by atoms with van der Waals surface area (Å²) in [7, 11) is 0. The molecule has 0 saturated carbocycles. The predicted molar refractivity (Wildman–Crippen MR) is 32.9 cm³/mol. The van der Waals surface area contributed by atoms with Gasteiger partial charge in [0.1, 0.15) is 18.3 Å². The van der Waals surface area contributed by atoms with Crippen molar-refractivity contribution in [2.24, 2.45) is 0 Å². The molecule has 5 nitrogen and oxygen atoms in total. The van der Waals surface area contributed by atoms with Crippen molar-refractivity contribution in [1.29, 1.82) is 0 Å². The van der Waals surface area contributed by atoms with E-state index in [0.29, 0.717) is 11.5 Å². The summed E-state index contributed by atoms with van der Waals surface area (Å²) in [6, 6.07) is 0. The Bertz CT molecular complexity index is 314. The molecule has 0 aromatic heterocycles. The summed E-state index contributed by atoms with van der Waals surface area (Å²) in [5, 5.41) is 0. The molecule has 0 spiro atoms. The Balaban J connectivity index is 2.80. The zero-order valence-electron chi connectivity index (χ0n) is 5.02. The second kappa shape index (κ2) is 1.66. The first kappa shape index (κ1) is 5.16. The van der Waals surface area contributed by atoms with Crippen LogP contribution >= 0.6 is 0 Å². The van der Waals surface area contributed by atoms with Gasteiger partial charge in [-0.3, -0.25) is 0 Å². The van der Waals surface area contributed by atoms with Crippen molar-refractivity contribution in [3.63, 3.8) is 0 Å². The van der Waals surface area contributed by atoms with Crippen molar-refractivity contribution in [3.8, 4) is 11.5 Å². The van der Waals surface area contributed by atoms with Crippen LogP contribution in [0.3, 0.4) is 0 Å². The van der Waals surface area contributed by atoms with E-state index in [-0.39, 0.29) is 0 Å². The normalized spacial score (nSPS) is 10.4. The van der Waals surface area contributed by atoms with Gasteiger partial charge >= 0.3 is 0 Å². The molecule has 0 bridgehead atoms. The van der Waals surface area contributed by atoms with Crippen LogP contribution in [0.2, 0.25) is 0 Å². The molecule has 1 radical (unpaired) electrons. The van der Waals surface area contributed by atoms with Crippen molar-refractivity contribution < 1.29 is 0 Å². The quantitative estimate of drug-likeness (QED) is 0.502. The molecule has 0 aromatic rings. The van der Waals surface area contributed by atoms with Crippen molar-refractivity contribution in [2.75, 3.05) is 0 Å². The highest BCUT2D eigenvalue weighted by Gasteiger charge is 2.06. The standard InChI is InChI=1S/C5H4N5/c6-10-3-7-1-4-5(10)9-2-8-4/h1-3,6H. The Labute approximate surface area is 56.9 Å². The minimum atomic E-state index is 0.537. The third-order valence-electron chi connectivity index (χ3n) is 1.21. The summed E-state index contributed by atoms with van der Waals surface area (Å²) < 4.78 is 1.09.